The molecule has 0 radical (unpaired) electrons. The van der Waals surface area contributed by atoms with Crippen LogP contribution in [0, 0.1) is 18.3 Å². The van der Waals surface area contributed by atoms with Gasteiger partial charge in [-0.25, -0.2) is 0 Å². The fourth-order valence-corrected chi connectivity index (χ4v) is 1.18. The molecule has 2 nitrogen and oxygen atoms in total. The van der Waals surface area contributed by atoms with Gasteiger partial charge < -0.3 is 5.32 Å². The predicted octanol–water partition coefficient (Wildman–Crippen LogP) is 2.34. The smallest absolute Gasteiger partial charge is 0.220 e. The molecule has 80 valence electrons. The summed E-state index contributed by atoms with van der Waals surface area (Å²) in [5.74, 6) is 3.35. The Bertz CT molecular complexity index is 193. The van der Waals surface area contributed by atoms with Gasteiger partial charge in [0.1, 0.15) is 0 Å². The van der Waals surface area contributed by atoms with Crippen LogP contribution >= 0.6 is 0 Å². The molecule has 1 N–H and O–H groups in total. The van der Waals surface area contributed by atoms with Gasteiger partial charge in [-0.05, 0) is 12.3 Å². The molecule has 0 saturated carbocycles. The van der Waals surface area contributed by atoms with Gasteiger partial charge >= 0.3 is 0 Å². The second-order valence-corrected chi connectivity index (χ2v) is 3.71. The van der Waals surface area contributed by atoms with Crippen LogP contribution in [0.3, 0.4) is 0 Å². The monoisotopic (exact) mass is 195 g/mol. The maximum atomic E-state index is 11.2. The maximum absolute atomic E-state index is 11.2. The van der Waals surface area contributed by atoms with E-state index in [1.165, 1.54) is 6.42 Å². The highest BCUT2D eigenvalue weighted by Crippen LogP contribution is 2.10. The molecule has 0 bridgehead atoms. The summed E-state index contributed by atoms with van der Waals surface area (Å²) in [6, 6.07) is 0. The van der Waals surface area contributed by atoms with E-state index in [9.17, 15) is 4.79 Å². The first-order valence-corrected chi connectivity index (χ1v) is 5.40. The average Bonchev–Trinajstić information content (AvgIpc) is 2.18. The molecule has 0 aliphatic rings. The minimum absolute atomic E-state index is 0.128. The van der Waals surface area contributed by atoms with E-state index >= 15 is 0 Å². The zero-order chi connectivity index (χ0) is 10.8. The van der Waals surface area contributed by atoms with E-state index in [0.717, 1.165) is 18.8 Å². The summed E-state index contributed by atoms with van der Waals surface area (Å²) in [6.45, 7) is 5.01. The maximum Gasteiger partial charge on any atom is 0.220 e. The molecule has 0 aliphatic heterocycles. The lowest BCUT2D eigenvalue weighted by Gasteiger charge is -2.07. The number of carbonyl (C=O) groups excluding carboxylic acids is 1. The Hall–Kier alpha value is -0.970. The van der Waals surface area contributed by atoms with Crippen LogP contribution in [0.5, 0.6) is 0 Å². The Labute approximate surface area is 87.5 Å². The quantitative estimate of drug-likeness (QED) is 0.490. The Morgan fingerprint density at radius 3 is 2.86 bits per heavy atom. The lowest BCUT2D eigenvalue weighted by atomic mass is 10.0. The molecule has 0 aromatic rings. The predicted molar refractivity (Wildman–Crippen MR) is 59.8 cm³/mol. The molecule has 0 aliphatic carbocycles. The summed E-state index contributed by atoms with van der Waals surface area (Å²) in [4.78, 5) is 11.2. The summed E-state index contributed by atoms with van der Waals surface area (Å²) in [7, 11) is 0. The highest BCUT2D eigenvalue weighted by molar-refractivity contribution is 5.75. The van der Waals surface area contributed by atoms with Crippen molar-refractivity contribution in [2.75, 3.05) is 6.54 Å². The van der Waals surface area contributed by atoms with E-state index in [4.69, 9.17) is 6.42 Å². The first-order chi connectivity index (χ1) is 6.70. The lowest BCUT2D eigenvalue weighted by Crippen LogP contribution is -2.23. The number of carbonyl (C=O) groups is 1. The van der Waals surface area contributed by atoms with E-state index in [1.807, 2.05) is 0 Å². The van der Waals surface area contributed by atoms with E-state index in [0.29, 0.717) is 19.4 Å². The van der Waals surface area contributed by atoms with Gasteiger partial charge in [-0.15, -0.1) is 12.3 Å². The van der Waals surface area contributed by atoms with Crippen LogP contribution in [0.1, 0.15) is 46.0 Å². The third-order valence-corrected chi connectivity index (χ3v) is 2.39. The fraction of sp³-hybridized carbons (Fsp3) is 0.750. The summed E-state index contributed by atoms with van der Waals surface area (Å²) in [5, 5.41) is 2.79. The van der Waals surface area contributed by atoms with Crippen LogP contribution in [0.2, 0.25) is 0 Å². The molecule has 0 aromatic heterocycles. The van der Waals surface area contributed by atoms with Crippen molar-refractivity contribution in [2.45, 2.75) is 46.0 Å². The Morgan fingerprint density at radius 1 is 1.57 bits per heavy atom. The molecule has 2 heteroatoms. The number of amides is 1. The van der Waals surface area contributed by atoms with Crippen LogP contribution < -0.4 is 5.32 Å². The van der Waals surface area contributed by atoms with Crippen LogP contribution in [0.25, 0.3) is 0 Å². The summed E-state index contributed by atoms with van der Waals surface area (Å²) in [6.07, 6.45) is 9.64. The van der Waals surface area contributed by atoms with Crippen molar-refractivity contribution in [2.24, 2.45) is 5.92 Å². The average molecular weight is 195 g/mol. The molecule has 0 rings (SSSR count). The molecule has 0 aromatic carbocycles. The van der Waals surface area contributed by atoms with Crippen molar-refractivity contribution in [3.63, 3.8) is 0 Å². The van der Waals surface area contributed by atoms with Gasteiger partial charge in [-0.3, -0.25) is 4.79 Å². The van der Waals surface area contributed by atoms with Gasteiger partial charge in [0.15, 0.2) is 0 Å². The highest BCUT2D eigenvalue weighted by atomic mass is 16.1. The van der Waals surface area contributed by atoms with Crippen molar-refractivity contribution < 1.29 is 4.79 Å². The molecule has 0 heterocycles. The van der Waals surface area contributed by atoms with Crippen LogP contribution in [-0.2, 0) is 4.79 Å². The number of terminal acetylenes is 1. The van der Waals surface area contributed by atoms with Gasteiger partial charge in [0, 0.05) is 19.4 Å². The summed E-state index contributed by atoms with van der Waals surface area (Å²) < 4.78 is 0. The molecule has 0 saturated heterocycles. The molecule has 0 unspecified atom stereocenters. The van der Waals surface area contributed by atoms with Crippen molar-refractivity contribution in [3.05, 3.63) is 0 Å². The van der Waals surface area contributed by atoms with Gasteiger partial charge in [-0.1, -0.05) is 26.7 Å². The summed E-state index contributed by atoms with van der Waals surface area (Å²) >= 11 is 0. The third kappa shape index (κ3) is 7.67. The minimum Gasteiger partial charge on any atom is -0.355 e. The Kier molecular flexibility index (Phi) is 8.02. The van der Waals surface area contributed by atoms with Gasteiger partial charge in [0.2, 0.25) is 5.91 Å². The molecule has 14 heavy (non-hydrogen) atoms. The zero-order valence-corrected chi connectivity index (χ0v) is 9.31. The number of hydrogen-bond donors (Lipinski definition) is 1. The molecular formula is C12H21NO. The standard InChI is InChI=1S/C12H21NO/c1-4-6-10-13-12(14)9-7-8-11(3)5-2/h1,11H,5-10H2,2-3H3,(H,13,14)/t11-/m0/s1. The zero-order valence-electron chi connectivity index (χ0n) is 9.31. The van der Waals surface area contributed by atoms with E-state index in [1.54, 1.807) is 0 Å². The minimum atomic E-state index is 0.128. The third-order valence-electron chi connectivity index (χ3n) is 2.39. The van der Waals surface area contributed by atoms with Crippen LogP contribution in [-0.4, -0.2) is 12.5 Å². The molecule has 1 amide bonds. The topological polar surface area (TPSA) is 29.1 Å². The molecular weight excluding hydrogens is 174 g/mol. The second-order valence-electron chi connectivity index (χ2n) is 3.71. The highest BCUT2D eigenvalue weighted by Gasteiger charge is 2.02. The number of rotatable bonds is 7. The molecule has 0 fully saturated rings. The van der Waals surface area contributed by atoms with E-state index in [2.05, 4.69) is 25.1 Å². The van der Waals surface area contributed by atoms with Crippen molar-refractivity contribution in [1.29, 1.82) is 0 Å². The largest absolute Gasteiger partial charge is 0.355 e. The van der Waals surface area contributed by atoms with E-state index < -0.39 is 0 Å². The van der Waals surface area contributed by atoms with Gasteiger partial charge in [0.25, 0.3) is 0 Å². The van der Waals surface area contributed by atoms with Crippen molar-refractivity contribution in [3.8, 4) is 12.3 Å². The van der Waals surface area contributed by atoms with Gasteiger partial charge in [0.05, 0.1) is 0 Å². The van der Waals surface area contributed by atoms with Crippen molar-refractivity contribution >= 4 is 5.91 Å². The molecule has 1 atom stereocenters. The lowest BCUT2D eigenvalue weighted by molar-refractivity contribution is -0.121. The Morgan fingerprint density at radius 2 is 2.29 bits per heavy atom. The normalized spacial score (nSPS) is 11.8. The molecule has 0 spiro atoms. The summed E-state index contributed by atoms with van der Waals surface area (Å²) in [5.41, 5.74) is 0. The first kappa shape index (κ1) is 13.0. The van der Waals surface area contributed by atoms with Crippen LogP contribution in [0.15, 0.2) is 0 Å². The second kappa shape index (κ2) is 8.62. The number of hydrogen-bond acceptors (Lipinski definition) is 1. The first-order valence-electron chi connectivity index (χ1n) is 5.40. The van der Waals surface area contributed by atoms with Crippen LogP contribution in [0.4, 0.5) is 0 Å². The van der Waals surface area contributed by atoms with Gasteiger partial charge in [-0.2, -0.15) is 0 Å². The number of nitrogens with one attached hydrogen (secondary N) is 1. The van der Waals surface area contributed by atoms with Crippen molar-refractivity contribution in [1.82, 2.24) is 5.32 Å². The SMILES string of the molecule is C#CCCNC(=O)CCC[C@@H](C)CC. The van der Waals surface area contributed by atoms with E-state index in [-0.39, 0.29) is 5.91 Å². The Balaban J connectivity index is 3.32. The fourth-order valence-electron chi connectivity index (χ4n) is 1.18.